The van der Waals surface area contributed by atoms with E-state index in [1.54, 1.807) is 6.26 Å². The number of furan rings is 1. The van der Waals surface area contributed by atoms with Crippen LogP contribution < -0.4 is 0 Å². The highest BCUT2D eigenvalue weighted by Crippen LogP contribution is 2.57. The molecule has 0 aromatic carbocycles. The highest BCUT2D eigenvalue weighted by atomic mass is 16.5. The van der Waals surface area contributed by atoms with Gasteiger partial charge in [0.05, 0.1) is 6.26 Å². The van der Waals surface area contributed by atoms with E-state index in [4.69, 9.17) is 9.15 Å². The molecule has 3 nitrogen and oxygen atoms in total. The van der Waals surface area contributed by atoms with Gasteiger partial charge in [0.15, 0.2) is 0 Å². The lowest BCUT2D eigenvalue weighted by Gasteiger charge is -2.48. The maximum absolute atomic E-state index is 12.2. The maximum Gasteiger partial charge on any atom is 0.306 e. The predicted molar refractivity (Wildman–Crippen MR) is 85.5 cm³/mol. The molecule has 0 fully saturated rings. The van der Waals surface area contributed by atoms with E-state index in [9.17, 15) is 4.79 Å². The molecule has 0 saturated heterocycles. The molecule has 0 amide bonds. The molecular weight excluding hydrogens is 276 g/mol. The van der Waals surface area contributed by atoms with Crippen molar-refractivity contribution in [2.75, 3.05) is 0 Å². The normalized spacial score (nSPS) is 30.3. The zero-order chi connectivity index (χ0) is 15.9. The van der Waals surface area contributed by atoms with Crippen molar-refractivity contribution in [3.63, 3.8) is 0 Å². The molecule has 2 aliphatic carbocycles. The van der Waals surface area contributed by atoms with Crippen LogP contribution in [0.4, 0.5) is 0 Å². The Hall–Kier alpha value is -1.51. The number of carbonyl (C=O) groups is 1. The van der Waals surface area contributed by atoms with Crippen LogP contribution in [0.1, 0.15) is 69.4 Å². The number of ether oxygens (including phenoxy) is 1. The SMILES string of the molecule is CCCC(=O)OC1c2c(C)coc2CC2=CCCC(C)C21C. The van der Waals surface area contributed by atoms with Crippen molar-refractivity contribution in [2.45, 2.75) is 65.9 Å². The fraction of sp³-hybridized carbons (Fsp3) is 0.632. The Morgan fingerprint density at radius 2 is 2.27 bits per heavy atom. The Bertz CT molecular complexity index is 610. The van der Waals surface area contributed by atoms with Gasteiger partial charge < -0.3 is 9.15 Å². The van der Waals surface area contributed by atoms with Gasteiger partial charge in [-0.15, -0.1) is 0 Å². The molecular formula is C19H26O3. The largest absolute Gasteiger partial charge is 0.468 e. The number of hydrogen-bond donors (Lipinski definition) is 0. The summed E-state index contributed by atoms with van der Waals surface area (Å²) < 4.78 is 11.8. The first-order chi connectivity index (χ1) is 10.5. The standard InChI is InChI=1S/C19H26O3/c1-5-7-16(20)22-18-17-12(2)11-21-15(17)10-14-9-6-8-13(3)19(14,18)4/h9,11,13,18H,5-8,10H2,1-4H3. The second kappa shape index (κ2) is 5.60. The zero-order valence-corrected chi connectivity index (χ0v) is 14.1. The quantitative estimate of drug-likeness (QED) is 0.589. The van der Waals surface area contributed by atoms with Gasteiger partial charge in [0, 0.05) is 23.8 Å². The summed E-state index contributed by atoms with van der Waals surface area (Å²) >= 11 is 0. The molecule has 22 heavy (non-hydrogen) atoms. The highest BCUT2D eigenvalue weighted by molar-refractivity contribution is 5.70. The minimum Gasteiger partial charge on any atom is -0.468 e. The van der Waals surface area contributed by atoms with Gasteiger partial charge in [0.1, 0.15) is 11.9 Å². The molecule has 0 aliphatic heterocycles. The number of rotatable bonds is 3. The van der Waals surface area contributed by atoms with E-state index in [0.717, 1.165) is 42.6 Å². The predicted octanol–water partition coefficient (Wildman–Crippen LogP) is 4.89. The third kappa shape index (κ3) is 2.22. The lowest BCUT2D eigenvalue weighted by Crippen LogP contribution is -2.42. The van der Waals surface area contributed by atoms with Crippen LogP contribution in [-0.4, -0.2) is 5.97 Å². The van der Waals surface area contributed by atoms with Crippen LogP contribution in [0.15, 0.2) is 22.3 Å². The summed E-state index contributed by atoms with van der Waals surface area (Å²) in [7, 11) is 0. The van der Waals surface area contributed by atoms with E-state index in [0.29, 0.717) is 12.3 Å². The summed E-state index contributed by atoms with van der Waals surface area (Å²) in [5.74, 6) is 1.37. The van der Waals surface area contributed by atoms with E-state index in [1.807, 2.05) is 6.92 Å². The maximum atomic E-state index is 12.2. The van der Waals surface area contributed by atoms with Crippen LogP contribution in [0.5, 0.6) is 0 Å². The van der Waals surface area contributed by atoms with Crippen LogP contribution in [0, 0.1) is 18.3 Å². The lowest BCUT2D eigenvalue weighted by molar-refractivity contribution is -0.158. The molecule has 3 atom stereocenters. The third-order valence-electron chi connectivity index (χ3n) is 5.67. The van der Waals surface area contributed by atoms with Gasteiger partial charge in [-0.05, 0) is 37.7 Å². The molecule has 0 saturated carbocycles. The van der Waals surface area contributed by atoms with Crippen molar-refractivity contribution in [1.82, 2.24) is 0 Å². The van der Waals surface area contributed by atoms with Crippen LogP contribution in [0.25, 0.3) is 0 Å². The first-order valence-corrected chi connectivity index (χ1v) is 8.44. The molecule has 0 radical (unpaired) electrons. The van der Waals surface area contributed by atoms with Crippen molar-refractivity contribution in [1.29, 1.82) is 0 Å². The molecule has 1 heterocycles. The molecule has 1 aromatic heterocycles. The van der Waals surface area contributed by atoms with Crippen LogP contribution in [-0.2, 0) is 16.0 Å². The van der Waals surface area contributed by atoms with Crippen molar-refractivity contribution in [3.05, 3.63) is 34.8 Å². The summed E-state index contributed by atoms with van der Waals surface area (Å²) in [5.41, 5.74) is 3.48. The smallest absolute Gasteiger partial charge is 0.306 e. The molecule has 120 valence electrons. The number of fused-ring (bicyclic) bond motifs is 2. The van der Waals surface area contributed by atoms with Gasteiger partial charge in [-0.1, -0.05) is 32.4 Å². The van der Waals surface area contributed by atoms with Crippen molar-refractivity contribution in [2.24, 2.45) is 11.3 Å². The van der Waals surface area contributed by atoms with Gasteiger partial charge in [-0.25, -0.2) is 0 Å². The number of hydrogen-bond acceptors (Lipinski definition) is 3. The molecule has 0 bridgehead atoms. The topological polar surface area (TPSA) is 39.4 Å². The van der Waals surface area contributed by atoms with Crippen molar-refractivity contribution >= 4 is 5.97 Å². The van der Waals surface area contributed by atoms with E-state index in [1.165, 1.54) is 5.57 Å². The molecule has 3 heteroatoms. The van der Waals surface area contributed by atoms with Crippen molar-refractivity contribution in [3.8, 4) is 0 Å². The summed E-state index contributed by atoms with van der Waals surface area (Å²) in [6.07, 6.45) is 8.33. The fourth-order valence-electron chi connectivity index (χ4n) is 4.08. The van der Waals surface area contributed by atoms with Gasteiger partial charge in [0.2, 0.25) is 0 Å². The van der Waals surface area contributed by atoms with Crippen molar-refractivity contribution < 1.29 is 13.9 Å². The Morgan fingerprint density at radius 1 is 1.50 bits per heavy atom. The van der Waals surface area contributed by atoms with Crippen LogP contribution in [0.3, 0.4) is 0 Å². The molecule has 0 N–H and O–H groups in total. The Kier molecular flexibility index (Phi) is 3.92. The average molecular weight is 302 g/mol. The first kappa shape index (κ1) is 15.4. The van der Waals surface area contributed by atoms with E-state index in [2.05, 4.69) is 26.8 Å². The molecule has 3 rings (SSSR count). The summed E-state index contributed by atoms with van der Waals surface area (Å²) in [5, 5.41) is 0. The second-order valence-corrected chi connectivity index (χ2v) is 7.04. The minimum absolute atomic E-state index is 0.0979. The molecule has 3 unspecified atom stereocenters. The molecule has 0 spiro atoms. The molecule has 1 aromatic rings. The van der Waals surface area contributed by atoms with Gasteiger partial charge in [-0.3, -0.25) is 4.79 Å². The lowest BCUT2D eigenvalue weighted by atomic mass is 9.58. The fourth-order valence-corrected chi connectivity index (χ4v) is 4.08. The Balaban J connectivity index is 2.07. The highest BCUT2D eigenvalue weighted by Gasteiger charge is 2.51. The zero-order valence-electron chi connectivity index (χ0n) is 14.1. The first-order valence-electron chi connectivity index (χ1n) is 8.44. The second-order valence-electron chi connectivity index (χ2n) is 7.04. The van der Waals surface area contributed by atoms with Gasteiger partial charge in [-0.2, -0.15) is 0 Å². The van der Waals surface area contributed by atoms with Gasteiger partial charge in [0.25, 0.3) is 0 Å². The van der Waals surface area contributed by atoms with Crippen LogP contribution in [0.2, 0.25) is 0 Å². The molecule has 2 aliphatic rings. The Labute approximate surface area is 132 Å². The van der Waals surface area contributed by atoms with E-state index >= 15 is 0 Å². The number of allylic oxidation sites excluding steroid dienone is 1. The van der Waals surface area contributed by atoms with E-state index < -0.39 is 0 Å². The summed E-state index contributed by atoms with van der Waals surface area (Å²) in [6.45, 7) is 8.61. The van der Waals surface area contributed by atoms with E-state index in [-0.39, 0.29) is 17.5 Å². The minimum atomic E-state index is -0.212. The summed E-state index contributed by atoms with van der Waals surface area (Å²) in [4.78, 5) is 12.2. The average Bonchev–Trinajstić information content (AvgIpc) is 2.83. The van der Waals surface area contributed by atoms with Crippen LogP contribution >= 0.6 is 0 Å². The van der Waals surface area contributed by atoms with Gasteiger partial charge >= 0.3 is 5.97 Å². The summed E-state index contributed by atoms with van der Waals surface area (Å²) in [6, 6.07) is 0. The monoisotopic (exact) mass is 302 g/mol. The Morgan fingerprint density at radius 3 is 3.00 bits per heavy atom. The number of esters is 1. The third-order valence-corrected chi connectivity index (χ3v) is 5.67. The number of aryl methyl sites for hydroxylation is 1. The number of carbonyl (C=O) groups excluding carboxylic acids is 1.